The van der Waals surface area contributed by atoms with Crippen LogP contribution in [0.3, 0.4) is 0 Å². The van der Waals surface area contributed by atoms with Gasteiger partial charge in [0.05, 0.1) is 11.7 Å². The number of fused-ring (bicyclic) bond motifs is 1. The van der Waals surface area contributed by atoms with Crippen LogP contribution in [0, 0.1) is 6.92 Å². The van der Waals surface area contributed by atoms with E-state index in [4.69, 9.17) is 0 Å². The summed E-state index contributed by atoms with van der Waals surface area (Å²) in [7, 11) is 0. The Morgan fingerprint density at radius 3 is 3.00 bits per heavy atom. The molecule has 0 bridgehead atoms. The van der Waals surface area contributed by atoms with Crippen LogP contribution in [-0.2, 0) is 6.54 Å². The van der Waals surface area contributed by atoms with Gasteiger partial charge in [0.25, 0.3) is 0 Å². The molecule has 2 aromatic heterocycles. The Kier molecular flexibility index (Phi) is 3.25. The van der Waals surface area contributed by atoms with Gasteiger partial charge in [-0.2, -0.15) is 5.10 Å². The van der Waals surface area contributed by atoms with Gasteiger partial charge in [0, 0.05) is 28.5 Å². The Morgan fingerprint density at radius 2 is 2.16 bits per heavy atom. The smallest absolute Gasteiger partial charge is 0.0711 e. The molecule has 3 rings (SSSR count). The quantitative estimate of drug-likeness (QED) is 0.791. The van der Waals surface area contributed by atoms with Crippen molar-refractivity contribution in [3.8, 4) is 0 Å². The number of halogens is 1. The van der Waals surface area contributed by atoms with E-state index in [9.17, 15) is 0 Å². The van der Waals surface area contributed by atoms with Gasteiger partial charge < -0.3 is 5.32 Å². The molecule has 0 atom stereocenters. The highest BCUT2D eigenvalue weighted by Gasteiger charge is 2.03. The first-order valence-electron chi connectivity index (χ1n) is 6.15. The SMILES string of the molecule is Cc1cc(NCc2cnn3ccccc23)ccc1Br. The van der Waals surface area contributed by atoms with E-state index in [1.54, 1.807) is 0 Å². The molecule has 0 spiro atoms. The first-order chi connectivity index (χ1) is 9.24. The van der Waals surface area contributed by atoms with E-state index >= 15 is 0 Å². The Labute approximate surface area is 120 Å². The molecule has 96 valence electrons. The summed E-state index contributed by atoms with van der Waals surface area (Å²) in [5.74, 6) is 0. The first-order valence-corrected chi connectivity index (χ1v) is 6.94. The van der Waals surface area contributed by atoms with Crippen molar-refractivity contribution in [3.05, 3.63) is 64.4 Å². The maximum Gasteiger partial charge on any atom is 0.0711 e. The van der Waals surface area contributed by atoms with Crippen molar-refractivity contribution in [1.29, 1.82) is 0 Å². The maximum atomic E-state index is 4.33. The summed E-state index contributed by atoms with van der Waals surface area (Å²) in [4.78, 5) is 0. The molecule has 0 radical (unpaired) electrons. The standard InChI is InChI=1S/C15H14BrN3/c1-11-8-13(5-6-14(11)16)17-9-12-10-18-19-7-3-2-4-15(12)19/h2-8,10,17H,9H2,1H3. The minimum atomic E-state index is 0.772. The third kappa shape index (κ3) is 2.49. The summed E-state index contributed by atoms with van der Waals surface area (Å²) in [6.07, 6.45) is 3.87. The fraction of sp³-hybridized carbons (Fsp3) is 0.133. The number of aromatic nitrogens is 2. The zero-order valence-electron chi connectivity index (χ0n) is 10.6. The molecule has 3 aromatic rings. The summed E-state index contributed by atoms with van der Waals surface area (Å²) in [5.41, 5.74) is 4.69. The van der Waals surface area contributed by atoms with Crippen molar-refractivity contribution in [1.82, 2.24) is 9.61 Å². The fourth-order valence-electron chi connectivity index (χ4n) is 2.08. The topological polar surface area (TPSA) is 29.3 Å². The number of nitrogens with one attached hydrogen (secondary N) is 1. The molecule has 4 heteroatoms. The maximum absolute atomic E-state index is 4.33. The fourth-order valence-corrected chi connectivity index (χ4v) is 2.32. The van der Waals surface area contributed by atoms with Crippen LogP contribution in [0.15, 0.2) is 53.3 Å². The molecule has 0 fully saturated rings. The number of aryl methyl sites for hydroxylation is 1. The van der Waals surface area contributed by atoms with Crippen LogP contribution in [0.5, 0.6) is 0 Å². The largest absolute Gasteiger partial charge is 0.381 e. The van der Waals surface area contributed by atoms with Gasteiger partial charge in [0.1, 0.15) is 0 Å². The highest BCUT2D eigenvalue weighted by atomic mass is 79.9. The van der Waals surface area contributed by atoms with Gasteiger partial charge in [-0.05, 0) is 42.8 Å². The summed E-state index contributed by atoms with van der Waals surface area (Å²) < 4.78 is 3.03. The van der Waals surface area contributed by atoms with Crippen molar-refractivity contribution < 1.29 is 0 Å². The molecule has 19 heavy (non-hydrogen) atoms. The molecule has 0 unspecified atom stereocenters. The number of hydrogen-bond donors (Lipinski definition) is 1. The van der Waals surface area contributed by atoms with Crippen molar-refractivity contribution in [2.75, 3.05) is 5.32 Å². The van der Waals surface area contributed by atoms with Crippen LogP contribution >= 0.6 is 15.9 Å². The minimum Gasteiger partial charge on any atom is -0.381 e. The van der Waals surface area contributed by atoms with Crippen LogP contribution in [-0.4, -0.2) is 9.61 Å². The monoisotopic (exact) mass is 315 g/mol. The average molecular weight is 316 g/mol. The summed E-state index contributed by atoms with van der Waals surface area (Å²) in [6.45, 7) is 2.86. The van der Waals surface area contributed by atoms with Crippen LogP contribution in [0.2, 0.25) is 0 Å². The Morgan fingerprint density at radius 1 is 1.26 bits per heavy atom. The lowest BCUT2D eigenvalue weighted by molar-refractivity contribution is 0.961. The summed E-state index contributed by atoms with van der Waals surface area (Å²) in [5, 5.41) is 7.76. The lowest BCUT2D eigenvalue weighted by atomic mass is 10.2. The van der Waals surface area contributed by atoms with Crippen molar-refractivity contribution >= 4 is 27.1 Å². The number of nitrogens with zero attached hydrogens (tertiary/aromatic N) is 2. The number of hydrogen-bond acceptors (Lipinski definition) is 2. The third-order valence-electron chi connectivity index (χ3n) is 3.15. The molecule has 0 aliphatic rings. The molecule has 0 saturated carbocycles. The third-order valence-corrected chi connectivity index (χ3v) is 4.04. The molecule has 0 aliphatic carbocycles. The lowest BCUT2D eigenvalue weighted by Gasteiger charge is -2.07. The molecule has 0 amide bonds. The van der Waals surface area contributed by atoms with Gasteiger partial charge in [0.2, 0.25) is 0 Å². The van der Waals surface area contributed by atoms with Crippen molar-refractivity contribution in [2.24, 2.45) is 0 Å². The van der Waals surface area contributed by atoms with Gasteiger partial charge in [-0.1, -0.05) is 22.0 Å². The zero-order valence-corrected chi connectivity index (χ0v) is 12.2. The van der Waals surface area contributed by atoms with Gasteiger partial charge in [0.15, 0.2) is 0 Å². The molecule has 0 saturated heterocycles. The molecule has 0 aliphatic heterocycles. The molecule has 2 heterocycles. The van der Waals surface area contributed by atoms with E-state index in [0.717, 1.165) is 22.2 Å². The number of anilines is 1. The normalized spacial score (nSPS) is 10.8. The second-order valence-electron chi connectivity index (χ2n) is 4.52. The Bertz CT molecular complexity index is 718. The molecular weight excluding hydrogens is 302 g/mol. The predicted octanol–water partition coefficient (Wildman–Crippen LogP) is 4.02. The second-order valence-corrected chi connectivity index (χ2v) is 5.37. The first kappa shape index (κ1) is 12.2. The predicted molar refractivity (Wildman–Crippen MR) is 81.4 cm³/mol. The lowest BCUT2D eigenvalue weighted by Crippen LogP contribution is -1.99. The Balaban J connectivity index is 1.80. The van der Waals surface area contributed by atoms with Crippen LogP contribution in [0.4, 0.5) is 5.69 Å². The number of pyridine rings is 1. The van der Waals surface area contributed by atoms with Crippen molar-refractivity contribution in [3.63, 3.8) is 0 Å². The summed E-state index contributed by atoms with van der Waals surface area (Å²) in [6, 6.07) is 12.4. The van der Waals surface area contributed by atoms with Gasteiger partial charge in [-0.3, -0.25) is 0 Å². The highest BCUT2D eigenvalue weighted by molar-refractivity contribution is 9.10. The van der Waals surface area contributed by atoms with E-state index in [1.165, 1.54) is 11.1 Å². The zero-order chi connectivity index (χ0) is 13.2. The van der Waals surface area contributed by atoms with Crippen LogP contribution in [0.25, 0.3) is 5.52 Å². The highest BCUT2D eigenvalue weighted by Crippen LogP contribution is 2.21. The molecular formula is C15H14BrN3. The van der Waals surface area contributed by atoms with Crippen LogP contribution < -0.4 is 5.32 Å². The molecule has 3 nitrogen and oxygen atoms in total. The van der Waals surface area contributed by atoms with E-state index in [1.807, 2.05) is 29.0 Å². The van der Waals surface area contributed by atoms with Gasteiger partial charge in [-0.25, -0.2) is 4.52 Å². The molecule has 1 N–H and O–H groups in total. The number of rotatable bonds is 3. The van der Waals surface area contributed by atoms with Gasteiger partial charge >= 0.3 is 0 Å². The van der Waals surface area contributed by atoms with E-state index in [2.05, 4.69) is 57.5 Å². The average Bonchev–Trinajstić information content (AvgIpc) is 2.83. The van der Waals surface area contributed by atoms with E-state index in [0.29, 0.717) is 0 Å². The molecule has 1 aromatic carbocycles. The van der Waals surface area contributed by atoms with E-state index in [-0.39, 0.29) is 0 Å². The van der Waals surface area contributed by atoms with Crippen LogP contribution in [0.1, 0.15) is 11.1 Å². The Hall–Kier alpha value is -1.81. The summed E-state index contributed by atoms with van der Waals surface area (Å²) >= 11 is 3.51. The second kappa shape index (κ2) is 5.05. The van der Waals surface area contributed by atoms with Crippen molar-refractivity contribution in [2.45, 2.75) is 13.5 Å². The minimum absolute atomic E-state index is 0.772. The van der Waals surface area contributed by atoms with Gasteiger partial charge in [-0.15, -0.1) is 0 Å². The number of benzene rings is 1. The van der Waals surface area contributed by atoms with E-state index < -0.39 is 0 Å².